The van der Waals surface area contributed by atoms with Crippen molar-refractivity contribution >= 4 is 18.2 Å². The predicted molar refractivity (Wildman–Crippen MR) is 118 cm³/mol. The van der Waals surface area contributed by atoms with Gasteiger partial charge in [-0.25, -0.2) is 10.2 Å². The lowest BCUT2D eigenvalue weighted by Crippen LogP contribution is -2.49. The summed E-state index contributed by atoms with van der Waals surface area (Å²) in [6.45, 7) is 5.48. The van der Waals surface area contributed by atoms with Gasteiger partial charge in [-0.2, -0.15) is 5.10 Å². The van der Waals surface area contributed by atoms with E-state index in [1.807, 2.05) is 42.5 Å². The van der Waals surface area contributed by atoms with Gasteiger partial charge in [0.2, 0.25) is 0 Å². The highest BCUT2D eigenvalue weighted by Gasteiger charge is 2.24. The van der Waals surface area contributed by atoms with Crippen LogP contribution in [0.15, 0.2) is 59.7 Å². The first-order valence-electron chi connectivity index (χ1n) is 9.85. The third-order valence-corrected chi connectivity index (χ3v) is 3.89. The van der Waals surface area contributed by atoms with Gasteiger partial charge < -0.3 is 19.5 Å². The van der Waals surface area contributed by atoms with Gasteiger partial charge in [-0.3, -0.25) is 4.79 Å². The summed E-state index contributed by atoms with van der Waals surface area (Å²) in [5, 5.41) is 6.49. The Morgan fingerprint density at radius 2 is 1.84 bits per heavy atom. The second kappa shape index (κ2) is 11.7. The van der Waals surface area contributed by atoms with E-state index in [0.29, 0.717) is 12.4 Å². The number of carbonyl (C=O) groups excluding carboxylic acids is 2. The molecule has 0 aliphatic carbocycles. The van der Waals surface area contributed by atoms with Crippen molar-refractivity contribution in [2.45, 2.75) is 39.0 Å². The number of rotatable bonds is 9. The third-order valence-electron chi connectivity index (χ3n) is 3.89. The minimum Gasteiger partial charge on any atom is -0.497 e. The van der Waals surface area contributed by atoms with Crippen LogP contribution >= 0.6 is 0 Å². The quantitative estimate of drug-likeness (QED) is 0.473. The van der Waals surface area contributed by atoms with E-state index in [1.165, 1.54) is 6.21 Å². The Balaban J connectivity index is 1.98. The monoisotopic (exact) mass is 427 g/mol. The molecule has 0 bridgehead atoms. The van der Waals surface area contributed by atoms with Crippen LogP contribution in [0, 0.1) is 0 Å². The van der Waals surface area contributed by atoms with Gasteiger partial charge in [-0.05, 0) is 44.0 Å². The number of nitrogens with one attached hydrogen (secondary N) is 2. The lowest BCUT2D eigenvalue weighted by atomic mass is 10.2. The number of hydrogen-bond acceptors (Lipinski definition) is 6. The lowest BCUT2D eigenvalue weighted by molar-refractivity contribution is -0.124. The van der Waals surface area contributed by atoms with Gasteiger partial charge in [0.1, 0.15) is 17.4 Å². The summed E-state index contributed by atoms with van der Waals surface area (Å²) < 4.78 is 16.0. The molecule has 0 saturated carbocycles. The standard InChI is InChI=1S/C23H29N3O5/c1-23(2,3)31-22(28)25-20(16-30-15-17-9-6-5-7-10-17)21(27)26-24-14-18-11-8-12-19(13-18)29-4/h5-14,20H,15-16H2,1-4H3,(H,25,28)(H,26,27). The molecule has 0 spiro atoms. The fourth-order valence-electron chi connectivity index (χ4n) is 2.47. The summed E-state index contributed by atoms with van der Waals surface area (Å²) in [6, 6.07) is 15.7. The Kier molecular flexibility index (Phi) is 9.02. The molecule has 2 amide bonds. The van der Waals surface area contributed by atoms with E-state index in [2.05, 4.69) is 15.8 Å². The molecule has 0 aromatic heterocycles. The minimum absolute atomic E-state index is 0.0470. The van der Waals surface area contributed by atoms with Gasteiger partial charge in [0.25, 0.3) is 5.91 Å². The third kappa shape index (κ3) is 9.31. The van der Waals surface area contributed by atoms with Gasteiger partial charge in [0.05, 0.1) is 26.5 Å². The summed E-state index contributed by atoms with van der Waals surface area (Å²) in [4.78, 5) is 24.8. The number of methoxy groups -OCH3 is 1. The molecule has 1 unspecified atom stereocenters. The smallest absolute Gasteiger partial charge is 0.408 e. The largest absolute Gasteiger partial charge is 0.497 e. The number of hydrogen-bond donors (Lipinski definition) is 2. The van der Waals surface area contributed by atoms with Gasteiger partial charge in [0.15, 0.2) is 0 Å². The molecule has 0 aliphatic heterocycles. The first-order valence-corrected chi connectivity index (χ1v) is 9.85. The van der Waals surface area contributed by atoms with Gasteiger partial charge in [-0.1, -0.05) is 42.5 Å². The first-order chi connectivity index (χ1) is 14.8. The molecule has 1 atom stereocenters. The SMILES string of the molecule is COc1cccc(C=NNC(=O)C(COCc2ccccc2)NC(=O)OC(C)(C)C)c1. The molecule has 0 aliphatic rings. The fraction of sp³-hybridized carbons (Fsp3) is 0.348. The number of hydrazone groups is 1. The maximum atomic E-state index is 12.6. The van der Waals surface area contributed by atoms with E-state index >= 15 is 0 Å². The number of carbonyl (C=O) groups is 2. The van der Waals surface area contributed by atoms with E-state index < -0.39 is 23.6 Å². The molecular weight excluding hydrogens is 398 g/mol. The second-order valence-corrected chi connectivity index (χ2v) is 7.71. The number of ether oxygens (including phenoxy) is 3. The number of amides is 2. The van der Waals surface area contributed by atoms with Crippen LogP contribution in [-0.2, 0) is 20.9 Å². The van der Waals surface area contributed by atoms with Crippen molar-refractivity contribution in [3.05, 3.63) is 65.7 Å². The van der Waals surface area contributed by atoms with Crippen LogP contribution in [0.1, 0.15) is 31.9 Å². The Morgan fingerprint density at radius 3 is 2.52 bits per heavy atom. The highest BCUT2D eigenvalue weighted by molar-refractivity contribution is 5.87. The summed E-state index contributed by atoms with van der Waals surface area (Å²) >= 11 is 0. The molecule has 0 heterocycles. The predicted octanol–water partition coefficient (Wildman–Crippen LogP) is 3.26. The van der Waals surface area contributed by atoms with E-state index in [0.717, 1.165) is 11.1 Å². The summed E-state index contributed by atoms with van der Waals surface area (Å²) in [6.07, 6.45) is 0.767. The molecule has 0 fully saturated rings. The highest BCUT2D eigenvalue weighted by Crippen LogP contribution is 2.11. The topological polar surface area (TPSA) is 98.3 Å². The molecule has 2 rings (SSSR count). The van der Waals surface area contributed by atoms with E-state index in [-0.39, 0.29) is 6.61 Å². The molecule has 31 heavy (non-hydrogen) atoms. The van der Waals surface area contributed by atoms with Gasteiger partial charge in [-0.15, -0.1) is 0 Å². The van der Waals surface area contributed by atoms with Gasteiger partial charge >= 0.3 is 6.09 Å². The van der Waals surface area contributed by atoms with Crippen LogP contribution in [0.3, 0.4) is 0 Å². The second-order valence-electron chi connectivity index (χ2n) is 7.71. The van der Waals surface area contributed by atoms with E-state index in [4.69, 9.17) is 14.2 Å². The molecule has 0 radical (unpaired) electrons. The van der Waals surface area contributed by atoms with Crippen molar-refractivity contribution in [3.63, 3.8) is 0 Å². The van der Waals surface area contributed by atoms with Crippen LogP contribution in [0.2, 0.25) is 0 Å². The van der Waals surface area contributed by atoms with Crippen LogP contribution in [-0.4, -0.2) is 43.6 Å². The maximum absolute atomic E-state index is 12.6. The molecule has 2 N–H and O–H groups in total. The normalized spacial score (nSPS) is 12.3. The maximum Gasteiger partial charge on any atom is 0.408 e. The minimum atomic E-state index is -0.985. The lowest BCUT2D eigenvalue weighted by Gasteiger charge is -2.22. The van der Waals surface area contributed by atoms with Crippen molar-refractivity contribution in [2.24, 2.45) is 5.10 Å². The summed E-state index contributed by atoms with van der Waals surface area (Å²) in [7, 11) is 1.57. The van der Waals surface area contributed by atoms with Crippen molar-refractivity contribution in [1.82, 2.24) is 10.7 Å². The number of alkyl carbamates (subject to hydrolysis) is 1. The van der Waals surface area contributed by atoms with Crippen molar-refractivity contribution in [2.75, 3.05) is 13.7 Å². The zero-order valence-electron chi connectivity index (χ0n) is 18.3. The van der Waals surface area contributed by atoms with Crippen LogP contribution < -0.4 is 15.5 Å². The first kappa shape index (κ1) is 23.9. The molecule has 8 nitrogen and oxygen atoms in total. The zero-order valence-corrected chi connectivity index (χ0v) is 18.3. The highest BCUT2D eigenvalue weighted by atomic mass is 16.6. The summed E-state index contributed by atoms with van der Waals surface area (Å²) in [5.74, 6) is 0.145. The summed E-state index contributed by atoms with van der Waals surface area (Å²) in [5.41, 5.74) is 3.43. The zero-order chi connectivity index (χ0) is 22.7. The molecule has 0 saturated heterocycles. The van der Waals surface area contributed by atoms with Crippen LogP contribution in [0.5, 0.6) is 5.75 Å². The van der Waals surface area contributed by atoms with Crippen LogP contribution in [0.4, 0.5) is 4.79 Å². The Labute approximate surface area is 182 Å². The van der Waals surface area contributed by atoms with Crippen molar-refractivity contribution in [1.29, 1.82) is 0 Å². The Morgan fingerprint density at radius 1 is 1.10 bits per heavy atom. The van der Waals surface area contributed by atoms with Crippen LogP contribution in [0.25, 0.3) is 0 Å². The Bertz CT molecular complexity index is 878. The molecule has 166 valence electrons. The van der Waals surface area contributed by atoms with E-state index in [1.54, 1.807) is 40.0 Å². The molecule has 2 aromatic carbocycles. The molecule has 2 aromatic rings. The molecular formula is C23H29N3O5. The Hall–Kier alpha value is -3.39. The average molecular weight is 428 g/mol. The van der Waals surface area contributed by atoms with Gasteiger partial charge in [0, 0.05) is 0 Å². The number of benzene rings is 2. The molecule has 8 heteroatoms. The number of nitrogens with zero attached hydrogens (tertiary/aromatic N) is 1. The van der Waals surface area contributed by atoms with Crippen molar-refractivity contribution < 1.29 is 23.8 Å². The van der Waals surface area contributed by atoms with Crippen molar-refractivity contribution in [3.8, 4) is 5.75 Å². The average Bonchev–Trinajstić information content (AvgIpc) is 2.72. The van der Waals surface area contributed by atoms with E-state index in [9.17, 15) is 9.59 Å². The fourth-order valence-corrected chi connectivity index (χ4v) is 2.47.